The molecule has 0 unspecified atom stereocenters. The predicted molar refractivity (Wildman–Crippen MR) is 100 cm³/mol. The SMILES string of the molecule is CC1(C)COC(=O)N(c2cnn3c2CN(C(=O)Nc2cc(F)c(F)c(F)c2)CC3)C1. The number of rotatable bonds is 2. The van der Waals surface area contributed by atoms with E-state index in [0.29, 0.717) is 49.8 Å². The van der Waals surface area contributed by atoms with E-state index in [2.05, 4.69) is 10.4 Å². The van der Waals surface area contributed by atoms with Gasteiger partial charge >= 0.3 is 12.1 Å². The van der Waals surface area contributed by atoms with Gasteiger partial charge in [0.2, 0.25) is 0 Å². The van der Waals surface area contributed by atoms with Gasteiger partial charge in [0, 0.05) is 36.3 Å². The molecule has 1 aromatic carbocycles. The Morgan fingerprint density at radius 1 is 1.20 bits per heavy atom. The standard InChI is InChI=1S/C19H20F3N5O3/c1-19(2)9-26(18(29)30-10-19)14-7-23-27-4-3-25(8-15(14)27)17(28)24-11-5-12(20)16(22)13(21)6-11/h5-7H,3-4,8-10H2,1-2H3,(H,24,28). The largest absolute Gasteiger partial charge is 0.449 e. The van der Waals surface area contributed by atoms with Gasteiger partial charge in [0.15, 0.2) is 17.5 Å². The molecule has 0 saturated carbocycles. The molecular formula is C19H20F3N5O3. The molecule has 160 valence electrons. The normalized spacial score (nSPS) is 18.1. The first kappa shape index (κ1) is 20.0. The lowest BCUT2D eigenvalue weighted by Crippen LogP contribution is -2.48. The Bertz CT molecular complexity index is 1000. The first-order valence-electron chi connectivity index (χ1n) is 9.34. The van der Waals surface area contributed by atoms with Crippen molar-refractivity contribution in [1.29, 1.82) is 0 Å². The Kier molecular flexibility index (Phi) is 4.83. The molecule has 2 aromatic rings. The molecule has 0 radical (unpaired) electrons. The van der Waals surface area contributed by atoms with Crippen LogP contribution in [-0.4, -0.2) is 46.5 Å². The number of halogens is 3. The van der Waals surface area contributed by atoms with Crippen LogP contribution in [0.4, 0.5) is 34.1 Å². The number of carbonyl (C=O) groups excluding carboxylic acids is 2. The number of nitrogens with zero attached hydrogens (tertiary/aromatic N) is 4. The van der Waals surface area contributed by atoms with E-state index < -0.39 is 29.6 Å². The second-order valence-corrected chi connectivity index (χ2v) is 8.11. The molecule has 1 saturated heterocycles. The highest BCUT2D eigenvalue weighted by atomic mass is 19.2. The van der Waals surface area contributed by atoms with Gasteiger partial charge in [-0.3, -0.25) is 9.58 Å². The van der Waals surface area contributed by atoms with Crippen molar-refractivity contribution in [3.63, 3.8) is 0 Å². The quantitative estimate of drug-likeness (QED) is 0.752. The third-order valence-electron chi connectivity index (χ3n) is 5.06. The lowest BCUT2D eigenvalue weighted by Gasteiger charge is -2.37. The molecule has 1 aromatic heterocycles. The molecule has 0 bridgehead atoms. The number of benzene rings is 1. The van der Waals surface area contributed by atoms with Crippen LogP contribution in [0.25, 0.3) is 0 Å². The Hall–Kier alpha value is -3.24. The third kappa shape index (κ3) is 3.66. The van der Waals surface area contributed by atoms with Crippen LogP contribution >= 0.6 is 0 Å². The van der Waals surface area contributed by atoms with Crippen LogP contribution in [0, 0.1) is 22.9 Å². The van der Waals surface area contributed by atoms with Gasteiger partial charge in [-0.25, -0.2) is 22.8 Å². The molecule has 11 heteroatoms. The summed E-state index contributed by atoms with van der Waals surface area (Å²) in [7, 11) is 0. The maximum atomic E-state index is 13.4. The Morgan fingerprint density at radius 3 is 2.60 bits per heavy atom. The first-order valence-corrected chi connectivity index (χ1v) is 9.34. The number of fused-ring (bicyclic) bond motifs is 1. The summed E-state index contributed by atoms with van der Waals surface area (Å²) in [5.74, 6) is -4.39. The highest BCUT2D eigenvalue weighted by molar-refractivity contribution is 5.91. The van der Waals surface area contributed by atoms with Gasteiger partial charge < -0.3 is 15.0 Å². The first-order chi connectivity index (χ1) is 14.1. The molecule has 0 spiro atoms. The maximum Gasteiger partial charge on any atom is 0.414 e. The zero-order valence-electron chi connectivity index (χ0n) is 16.4. The molecule has 2 aliphatic rings. The number of amides is 3. The number of ether oxygens (including phenoxy) is 1. The van der Waals surface area contributed by atoms with Crippen molar-refractivity contribution < 1.29 is 27.5 Å². The number of cyclic esters (lactones) is 1. The van der Waals surface area contributed by atoms with Crippen molar-refractivity contribution in [2.24, 2.45) is 5.41 Å². The van der Waals surface area contributed by atoms with Crippen molar-refractivity contribution in [3.8, 4) is 0 Å². The van der Waals surface area contributed by atoms with Crippen LogP contribution in [0.15, 0.2) is 18.3 Å². The average Bonchev–Trinajstić information content (AvgIpc) is 3.11. The lowest BCUT2D eigenvalue weighted by molar-refractivity contribution is 0.0821. The summed E-state index contributed by atoms with van der Waals surface area (Å²) in [6.07, 6.45) is 1.08. The van der Waals surface area contributed by atoms with Gasteiger partial charge in [0.25, 0.3) is 0 Å². The summed E-state index contributed by atoms with van der Waals surface area (Å²) in [5, 5.41) is 6.66. The predicted octanol–water partition coefficient (Wildman–Crippen LogP) is 3.33. The molecule has 2 aliphatic heterocycles. The summed E-state index contributed by atoms with van der Waals surface area (Å²) in [6.45, 7) is 5.49. The number of hydrogen-bond donors (Lipinski definition) is 1. The third-order valence-corrected chi connectivity index (χ3v) is 5.06. The highest BCUT2D eigenvalue weighted by Crippen LogP contribution is 2.32. The van der Waals surface area contributed by atoms with Crippen LogP contribution in [0.3, 0.4) is 0 Å². The minimum Gasteiger partial charge on any atom is -0.449 e. The van der Waals surface area contributed by atoms with E-state index in [1.54, 1.807) is 10.9 Å². The Labute approximate surface area is 170 Å². The van der Waals surface area contributed by atoms with Crippen molar-refractivity contribution >= 4 is 23.5 Å². The second-order valence-electron chi connectivity index (χ2n) is 8.11. The molecule has 1 N–H and O–H groups in total. The second kappa shape index (κ2) is 7.22. The molecule has 1 fully saturated rings. The molecule has 3 amide bonds. The van der Waals surface area contributed by atoms with Crippen molar-refractivity contribution in [2.75, 3.05) is 29.9 Å². The molecule has 0 aliphatic carbocycles. The fourth-order valence-electron chi connectivity index (χ4n) is 3.52. The Morgan fingerprint density at radius 2 is 1.90 bits per heavy atom. The van der Waals surface area contributed by atoms with E-state index in [4.69, 9.17) is 4.74 Å². The van der Waals surface area contributed by atoms with Gasteiger partial charge in [-0.2, -0.15) is 5.10 Å². The van der Waals surface area contributed by atoms with Gasteiger partial charge in [-0.15, -0.1) is 0 Å². The number of carbonyl (C=O) groups is 2. The summed E-state index contributed by atoms with van der Waals surface area (Å²) in [6, 6.07) is 0.809. The van der Waals surface area contributed by atoms with E-state index in [9.17, 15) is 22.8 Å². The number of urea groups is 1. The summed E-state index contributed by atoms with van der Waals surface area (Å²) >= 11 is 0. The summed E-state index contributed by atoms with van der Waals surface area (Å²) < 4.78 is 46.9. The molecule has 3 heterocycles. The van der Waals surface area contributed by atoms with Crippen LogP contribution in [0.2, 0.25) is 0 Å². The van der Waals surface area contributed by atoms with Crippen molar-refractivity contribution in [3.05, 3.63) is 41.5 Å². The number of nitrogens with one attached hydrogen (secondary N) is 1. The van der Waals surface area contributed by atoms with E-state index >= 15 is 0 Å². The van der Waals surface area contributed by atoms with Crippen LogP contribution in [0.5, 0.6) is 0 Å². The van der Waals surface area contributed by atoms with E-state index in [1.165, 1.54) is 9.80 Å². The van der Waals surface area contributed by atoms with E-state index in [0.717, 1.165) is 0 Å². The monoisotopic (exact) mass is 423 g/mol. The van der Waals surface area contributed by atoms with Crippen LogP contribution in [-0.2, 0) is 17.8 Å². The highest BCUT2D eigenvalue weighted by Gasteiger charge is 2.37. The molecule has 4 rings (SSSR count). The van der Waals surface area contributed by atoms with Gasteiger partial charge in [0.05, 0.1) is 37.3 Å². The summed E-state index contributed by atoms with van der Waals surface area (Å²) in [4.78, 5) is 27.8. The lowest BCUT2D eigenvalue weighted by atomic mass is 9.93. The topological polar surface area (TPSA) is 79.7 Å². The Balaban J connectivity index is 1.53. The van der Waals surface area contributed by atoms with Gasteiger partial charge in [-0.05, 0) is 0 Å². The molecule has 0 atom stereocenters. The number of hydrogen-bond acceptors (Lipinski definition) is 4. The van der Waals surface area contributed by atoms with E-state index in [-0.39, 0.29) is 17.6 Å². The summed E-state index contributed by atoms with van der Waals surface area (Å²) in [5.41, 5.74) is 0.745. The van der Waals surface area contributed by atoms with Gasteiger partial charge in [-0.1, -0.05) is 13.8 Å². The number of aromatic nitrogens is 2. The zero-order chi connectivity index (χ0) is 21.6. The minimum absolute atomic E-state index is 0.123. The van der Waals surface area contributed by atoms with Crippen molar-refractivity contribution in [1.82, 2.24) is 14.7 Å². The molecule has 30 heavy (non-hydrogen) atoms. The maximum absolute atomic E-state index is 13.4. The fourth-order valence-corrected chi connectivity index (χ4v) is 3.52. The smallest absolute Gasteiger partial charge is 0.414 e. The van der Waals surface area contributed by atoms with Crippen LogP contribution in [0.1, 0.15) is 19.5 Å². The molecular weight excluding hydrogens is 403 g/mol. The molecule has 8 nitrogen and oxygen atoms in total. The van der Waals surface area contributed by atoms with Gasteiger partial charge in [0.1, 0.15) is 0 Å². The fraction of sp³-hybridized carbons (Fsp3) is 0.421. The van der Waals surface area contributed by atoms with E-state index in [1.807, 2.05) is 13.8 Å². The minimum atomic E-state index is -1.60. The zero-order valence-corrected chi connectivity index (χ0v) is 16.4. The number of anilines is 2. The van der Waals surface area contributed by atoms with Crippen molar-refractivity contribution in [2.45, 2.75) is 26.9 Å². The average molecular weight is 423 g/mol. The van der Waals surface area contributed by atoms with Crippen LogP contribution < -0.4 is 10.2 Å².